The van der Waals surface area contributed by atoms with Gasteiger partial charge in [0.15, 0.2) is 0 Å². The first-order valence-corrected chi connectivity index (χ1v) is 7.64. The van der Waals surface area contributed by atoms with E-state index in [1.165, 1.54) is 11.1 Å². The minimum absolute atomic E-state index is 0. The third-order valence-corrected chi connectivity index (χ3v) is 3.56. The summed E-state index contributed by atoms with van der Waals surface area (Å²) < 4.78 is 5.70. The predicted octanol–water partition coefficient (Wildman–Crippen LogP) is 3.76. The van der Waals surface area contributed by atoms with Crippen LogP contribution in [0.5, 0.6) is 0 Å². The maximum absolute atomic E-state index is 10.5. The molecule has 2 aromatic carbocycles. The van der Waals surface area contributed by atoms with Gasteiger partial charge in [-0.15, -0.1) is 0 Å². The summed E-state index contributed by atoms with van der Waals surface area (Å²) in [7, 11) is 0. The number of nitrogens with one attached hydrogen (secondary N) is 1. The normalized spacial score (nSPS) is 19.2. The SMILES string of the molecule is C.Cc1ccccc1.O=CC1CC(OCc2ccccc2)CN1. The molecule has 0 bridgehead atoms. The van der Waals surface area contributed by atoms with Gasteiger partial charge in [0.2, 0.25) is 0 Å². The number of aryl methyl sites for hydroxylation is 1. The molecule has 2 unspecified atom stereocenters. The number of carbonyl (C=O) groups is 1. The highest BCUT2D eigenvalue weighted by Crippen LogP contribution is 2.11. The predicted molar refractivity (Wildman–Crippen MR) is 95.4 cm³/mol. The summed E-state index contributed by atoms with van der Waals surface area (Å²) in [5, 5.41) is 3.10. The van der Waals surface area contributed by atoms with E-state index in [4.69, 9.17) is 4.74 Å². The molecule has 23 heavy (non-hydrogen) atoms. The van der Waals surface area contributed by atoms with Crippen LogP contribution in [0, 0.1) is 6.92 Å². The average molecular weight is 313 g/mol. The van der Waals surface area contributed by atoms with Gasteiger partial charge < -0.3 is 14.8 Å². The van der Waals surface area contributed by atoms with Crippen LogP contribution >= 0.6 is 0 Å². The highest BCUT2D eigenvalue weighted by atomic mass is 16.5. The van der Waals surface area contributed by atoms with Crippen LogP contribution in [-0.4, -0.2) is 25.0 Å². The van der Waals surface area contributed by atoms with Crippen LogP contribution in [0.15, 0.2) is 60.7 Å². The standard InChI is InChI=1S/C12H15NO2.C7H8.CH4/c14-8-11-6-12(7-13-11)15-9-10-4-2-1-3-5-10;1-7-5-3-2-4-6-7;/h1-5,8,11-13H,6-7,9H2;2-6H,1H3;1H4. The van der Waals surface area contributed by atoms with Gasteiger partial charge in [0, 0.05) is 6.54 Å². The number of hydrogen-bond acceptors (Lipinski definition) is 3. The van der Waals surface area contributed by atoms with E-state index in [-0.39, 0.29) is 19.6 Å². The van der Waals surface area contributed by atoms with Gasteiger partial charge in [-0.05, 0) is 18.9 Å². The first-order valence-electron chi connectivity index (χ1n) is 7.64. The Balaban J connectivity index is 0.000000280. The molecular formula is C20H27NO2. The number of benzene rings is 2. The number of hydrogen-bond donors (Lipinski definition) is 1. The molecule has 3 heteroatoms. The van der Waals surface area contributed by atoms with Crippen molar-refractivity contribution in [1.82, 2.24) is 5.32 Å². The smallest absolute Gasteiger partial charge is 0.136 e. The molecule has 1 aliphatic rings. The van der Waals surface area contributed by atoms with E-state index in [0.717, 1.165) is 19.3 Å². The van der Waals surface area contributed by atoms with Gasteiger partial charge in [-0.25, -0.2) is 0 Å². The lowest BCUT2D eigenvalue weighted by Gasteiger charge is -2.10. The maximum atomic E-state index is 10.5. The molecule has 1 fully saturated rings. The molecule has 0 saturated carbocycles. The second-order valence-corrected chi connectivity index (χ2v) is 5.46. The fraction of sp³-hybridized carbons (Fsp3) is 0.350. The molecule has 124 valence electrons. The van der Waals surface area contributed by atoms with Crippen LogP contribution in [-0.2, 0) is 16.1 Å². The van der Waals surface area contributed by atoms with Gasteiger partial charge >= 0.3 is 0 Å². The molecule has 1 saturated heterocycles. The lowest BCUT2D eigenvalue weighted by Crippen LogP contribution is -2.22. The van der Waals surface area contributed by atoms with Gasteiger partial charge in [0.25, 0.3) is 0 Å². The van der Waals surface area contributed by atoms with Crippen molar-refractivity contribution in [3.8, 4) is 0 Å². The average Bonchev–Trinajstić information content (AvgIpc) is 3.03. The fourth-order valence-electron chi connectivity index (χ4n) is 2.29. The Morgan fingerprint density at radius 1 is 1.09 bits per heavy atom. The minimum atomic E-state index is -0.0224. The van der Waals surface area contributed by atoms with E-state index < -0.39 is 0 Å². The second-order valence-electron chi connectivity index (χ2n) is 5.46. The van der Waals surface area contributed by atoms with Gasteiger partial charge in [0.05, 0.1) is 18.8 Å². The number of ether oxygens (including phenoxy) is 1. The first kappa shape index (κ1) is 19.1. The summed E-state index contributed by atoms with van der Waals surface area (Å²) in [6.45, 7) is 3.48. The molecule has 3 rings (SSSR count). The summed E-state index contributed by atoms with van der Waals surface area (Å²) in [5.41, 5.74) is 2.49. The molecule has 2 aromatic rings. The molecule has 3 nitrogen and oxygen atoms in total. The van der Waals surface area contributed by atoms with Gasteiger partial charge in [-0.3, -0.25) is 0 Å². The highest BCUT2D eigenvalue weighted by Gasteiger charge is 2.23. The molecular weight excluding hydrogens is 286 g/mol. The van der Waals surface area contributed by atoms with E-state index in [1.54, 1.807) is 0 Å². The minimum Gasteiger partial charge on any atom is -0.372 e. The Morgan fingerprint density at radius 3 is 2.17 bits per heavy atom. The summed E-state index contributed by atoms with van der Waals surface area (Å²) in [4.78, 5) is 10.5. The van der Waals surface area contributed by atoms with Crippen LogP contribution in [0.2, 0.25) is 0 Å². The zero-order chi connectivity index (χ0) is 15.6. The van der Waals surface area contributed by atoms with Gasteiger partial charge in [-0.2, -0.15) is 0 Å². The number of rotatable bonds is 4. The van der Waals surface area contributed by atoms with E-state index in [9.17, 15) is 4.79 Å². The van der Waals surface area contributed by atoms with Crippen LogP contribution < -0.4 is 5.32 Å². The van der Waals surface area contributed by atoms with E-state index >= 15 is 0 Å². The van der Waals surface area contributed by atoms with Crippen LogP contribution in [0.3, 0.4) is 0 Å². The largest absolute Gasteiger partial charge is 0.372 e. The number of aldehydes is 1. The van der Waals surface area contributed by atoms with Crippen molar-refractivity contribution in [2.45, 2.75) is 39.5 Å². The summed E-state index contributed by atoms with van der Waals surface area (Å²) >= 11 is 0. The van der Waals surface area contributed by atoms with Crippen molar-refractivity contribution < 1.29 is 9.53 Å². The van der Waals surface area contributed by atoms with Crippen molar-refractivity contribution in [3.63, 3.8) is 0 Å². The maximum Gasteiger partial charge on any atom is 0.136 e. The summed E-state index contributed by atoms with van der Waals surface area (Å²) in [6, 6.07) is 20.3. The van der Waals surface area contributed by atoms with Crippen LogP contribution in [0.1, 0.15) is 25.0 Å². The third-order valence-electron chi connectivity index (χ3n) is 3.56. The van der Waals surface area contributed by atoms with E-state index in [2.05, 4.69) is 24.4 Å². The second kappa shape index (κ2) is 10.7. The van der Waals surface area contributed by atoms with Crippen molar-refractivity contribution in [1.29, 1.82) is 0 Å². The van der Waals surface area contributed by atoms with Crippen molar-refractivity contribution in [2.75, 3.05) is 6.54 Å². The zero-order valence-electron chi connectivity index (χ0n) is 12.9. The lowest BCUT2D eigenvalue weighted by atomic mass is 10.2. The third kappa shape index (κ3) is 7.22. The lowest BCUT2D eigenvalue weighted by molar-refractivity contribution is -0.109. The number of carbonyl (C=O) groups excluding carboxylic acids is 1. The van der Waals surface area contributed by atoms with Crippen molar-refractivity contribution in [2.24, 2.45) is 0 Å². The molecule has 0 aliphatic carbocycles. The molecule has 1 aliphatic heterocycles. The molecule has 0 aromatic heterocycles. The van der Waals surface area contributed by atoms with E-state index in [1.807, 2.05) is 48.5 Å². The summed E-state index contributed by atoms with van der Waals surface area (Å²) in [6.07, 6.45) is 1.91. The molecule has 0 amide bonds. The van der Waals surface area contributed by atoms with Crippen molar-refractivity contribution >= 4 is 6.29 Å². The molecule has 0 radical (unpaired) electrons. The zero-order valence-corrected chi connectivity index (χ0v) is 12.9. The topological polar surface area (TPSA) is 38.3 Å². The molecule has 2 atom stereocenters. The Morgan fingerprint density at radius 2 is 1.70 bits per heavy atom. The first-order chi connectivity index (χ1) is 10.8. The molecule has 1 heterocycles. The van der Waals surface area contributed by atoms with Crippen molar-refractivity contribution in [3.05, 3.63) is 71.8 Å². The van der Waals surface area contributed by atoms with Gasteiger partial charge in [0.1, 0.15) is 6.29 Å². The Bertz CT molecular complexity index is 542. The summed E-state index contributed by atoms with van der Waals surface area (Å²) in [5.74, 6) is 0. The van der Waals surface area contributed by atoms with Crippen LogP contribution in [0.4, 0.5) is 0 Å². The Labute approximate surface area is 139 Å². The highest BCUT2D eigenvalue weighted by molar-refractivity contribution is 5.58. The Hall–Kier alpha value is -1.97. The monoisotopic (exact) mass is 313 g/mol. The molecule has 0 spiro atoms. The Kier molecular flexibility index (Phi) is 8.88. The van der Waals surface area contributed by atoms with E-state index in [0.29, 0.717) is 6.61 Å². The van der Waals surface area contributed by atoms with Gasteiger partial charge in [-0.1, -0.05) is 73.7 Å². The van der Waals surface area contributed by atoms with Crippen LogP contribution in [0.25, 0.3) is 0 Å². The fourth-order valence-corrected chi connectivity index (χ4v) is 2.29. The quantitative estimate of drug-likeness (QED) is 0.873. The molecule has 1 N–H and O–H groups in total.